The Morgan fingerprint density at radius 3 is 1.19 bits per heavy atom. The molecule has 0 aliphatic heterocycles. The minimum atomic E-state index is -0.166. The Balaban J connectivity index is 4.21. The largest absolute Gasteiger partial charge is 0.329 e. The smallest absolute Gasteiger partial charge is 0.0279 e. The van der Waals surface area contributed by atoms with Crippen LogP contribution in [0, 0.1) is 10.8 Å². The fraction of sp³-hybridized carbons (Fsp3) is 1.00. The van der Waals surface area contributed by atoms with Gasteiger partial charge >= 0.3 is 0 Å². The van der Waals surface area contributed by atoms with E-state index in [2.05, 4.69) is 41.5 Å². The molecular weight excluding hydrogens is 196 g/mol. The highest BCUT2D eigenvalue weighted by molar-refractivity contribution is 4.88. The van der Waals surface area contributed by atoms with Crippen molar-refractivity contribution in [3.63, 3.8) is 0 Å². The average molecular weight is 228 g/mol. The van der Waals surface area contributed by atoms with E-state index < -0.39 is 0 Å². The number of hydrogen-bond donors (Lipinski definition) is 2. The molecule has 0 radical (unpaired) electrons. The molecule has 2 heteroatoms. The van der Waals surface area contributed by atoms with Gasteiger partial charge in [-0.1, -0.05) is 41.5 Å². The van der Waals surface area contributed by atoms with Crippen molar-refractivity contribution >= 4 is 0 Å². The summed E-state index contributed by atoms with van der Waals surface area (Å²) in [6.07, 6.45) is 4.35. The van der Waals surface area contributed by atoms with Gasteiger partial charge in [-0.2, -0.15) is 0 Å². The number of nitrogens with two attached hydrogens (primary N) is 2. The Morgan fingerprint density at radius 2 is 1.00 bits per heavy atom. The molecule has 0 amide bonds. The summed E-state index contributed by atoms with van der Waals surface area (Å²) in [4.78, 5) is 0. The fourth-order valence-electron chi connectivity index (χ4n) is 1.58. The average Bonchev–Trinajstić information content (AvgIpc) is 2.09. The highest BCUT2D eigenvalue weighted by Gasteiger charge is 2.27. The molecule has 2 nitrogen and oxygen atoms in total. The number of hydrogen-bond acceptors (Lipinski definition) is 2. The zero-order chi connectivity index (χ0) is 13.0. The molecule has 0 spiro atoms. The Labute approximate surface area is 102 Å². The van der Waals surface area contributed by atoms with Crippen molar-refractivity contribution in [2.75, 3.05) is 6.54 Å². The van der Waals surface area contributed by atoms with Crippen LogP contribution in [0.3, 0.4) is 0 Å². The van der Waals surface area contributed by atoms with Crippen LogP contribution in [0.1, 0.15) is 67.2 Å². The van der Waals surface area contributed by atoms with Crippen molar-refractivity contribution in [3.05, 3.63) is 0 Å². The maximum absolute atomic E-state index is 6.39. The van der Waals surface area contributed by atoms with Gasteiger partial charge in [-0.25, -0.2) is 0 Å². The summed E-state index contributed by atoms with van der Waals surface area (Å²) in [5, 5.41) is 0. The van der Waals surface area contributed by atoms with E-state index in [1.54, 1.807) is 0 Å². The van der Waals surface area contributed by atoms with Gasteiger partial charge in [0, 0.05) is 12.1 Å². The van der Waals surface area contributed by atoms with Gasteiger partial charge in [0.25, 0.3) is 0 Å². The molecule has 4 N–H and O–H groups in total. The molecule has 16 heavy (non-hydrogen) atoms. The maximum atomic E-state index is 6.39. The van der Waals surface area contributed by atoms with Crippen molar-refractivity contribution in [1.82, 2.24) is 0 Å². The predicted octanol–water partition coefficient (Wildman–Crippen LogP) is 3.30. The van der Waals surface area contributed by atoms with Gasteiger partial charge < -0.3 is 11.5 Å². The van der Waals surface area contributed by atoms with Crippen molar-refractivity contribution in [2.45, 2.75) is 72.8 Å². The Hall–Kier alpha value is -0.0800. The topological polar surface area (TPSA) is 52.0 Å². The maximum Gasteiger partial charge on any atom is 0.0279 e. The summed E-state index contributed by atoms with van der Waals surface area (Å²) >= 11 is 0. The standard InChI is InChI=1S/C14H32N2/c1-12(2,3)7-9-14(16,11-15)10-8-13(4,5)6/h7-11,15-16H2,1-6H3. The third kappa shape index (κ3) is 8.12. The van der Waals surface area contributed by atoms with E-state index >= 15 is 0 Å². The third-order valence-electron chi connectivity index (χ3n) is 3.15. The minimum absolute atomic E-state index is 0.166. The van der Waals surface area contributed by atoms with Crippen molar-refractivity contribution in [2.24, 2.45) is 22.3 Å². The zero-order valence-corrected chi connectivity index (χ0v) is 12.2. The SMILES string of the molecule is CC(C)(C)CCC(N)(CN)CCC(C)(C)C. The molecular formula is C14H32N2. The van der Waals surface area contributed by atoms with Crippen LogP contribution in [-0.4, -0.2) is 12.1 Å². The van der Waals surface area contributed by atoms with Crippen molar-refractivity contribution in [3.8, 4) is 0 Å². The second-order valence-electron chi connectivity index (χ2n) is 7.69. The lowest BCUT2D eigenvalue weighted by Gasteiger charge is -2.33. The Bertz CT molecular complexity index is 178. The molecule has 0 aromatic carbocycles. The first-order valence-electron chi connectivity index (χ1n) is 6.46. The van der Waals surface area contributed by atoms with E-state index in [1.165, 1.54) is 0 Å². The van der Waals surface area contributed by atoms with Crippen LogP contribution in [0.2, 0.25) is 0 Å². The van der Waals surface area contributed by atoms with Crippen LogP contribution in [0.5, 0.6) is 0 Å². The summed E-state index contributed by atoms with van der Waals surface area (Å²) in [7, 11) is 0. The summed E-state index contributed by atoms with van der Waals surface area (Å²) in [5.74, 6) is 0. The van der Waals surface area contributed by atoms with Crippen molar-refractivity contribution in [1.29, 1.82) is 0 Å². The number of rotatable bonds is 5. The monoisotopic (exact) mass is 228 g/mol. The molecule has 0 aliphatic carbocycles. The summed E-state index contributed by atoms with van der Waals surface area (Å²) < 4.78 is 0. The first-order chi connectivity index (χ1) is 6.97. The van der Waals surface area contributed by atoms with E-state index in [4.69, 9.17) is 11.5 Å². The van der Waals surface area contributed by atoms with E-state index in [0.717, 1.165) is 25.7 Å². The predicted molar refractivity (Wildman–Crippen MR) is 73.4 cm³/mol. The van der Waals surface area contributed by atoms with Gasteiger partial charge in [0.1, 0.15) is 0 Å². The molecule has 98 valence electrons. The van der Waals surface area contributed by atoms with Crippen LogP contribution in [-0.2, 0) is 0 Å². The van der Waals surface area contributed by atoms with Crippen LogP contribution < -0.4 is 11.5 Å². The second kappa shape index (κ2) is 5.50. The Kier molecular flexibility index (Phi) is 5.48. The molecule has 0 atom stereocenters. The molecule has 0 rings (SSSR count). The van der Waals surface area contributed by atoms with Crippen LogP contribution in [0.15, 0.2) is 0 Å². The second-order valence-corrected chi connectivity index (χ2v) is 7.69. The van der Waals surface area contributed by atoms with Crippen LogP contribution in [0.25, 0.3) is 0 Å². The van der Waals surface area contributed by atoms with Crippen molar-refractivity contribution < 1.29 is 0 Å². The lowest BCUT2D eigenvalue weighted by atomic mass is 9.78. The Morgan fingerprint density at radius 1 is 0.688 bits per heavy atom. The van der Waals surface area contributed by atoms with Gasteiger partial charge in [0.05, 0.1) is 0 Å². The fourth-order valence-corrected chi connectivity index (χ4v) is 1.58. The highest BCUT2D eigenvalue weighted by Crippen LogP contribution is 2.30. The molecule has 0 saturated carbocycles. The van der Waals surface area contributed by atoms with Gasteiger partial charge in [-0.15, -0.1) is 0 Å². The molecule has 0 bridgehead atoms. The summed E-state index contributed by atoms with van der Waals surface area (Å²) in [6, 6.07) is 0. The van der Waals surface area contributed by atoms with Gasteiger partial charge in [-0.05, 0) is 36.5 Å². The van der Waals surface area contributed by atoms with Gasteiger partial charge in [-0.3, -0.25) is 0 Å². The first kappa shape index (κ1) is 15.9. The minimum Gasteiger partial charge on any atom is -0.329 e. The van der Waals surface area contributed by atoms with E-state index in [-0.39, 0.29) is 5.54 Å². The highest BCUT2D eigenvalue weighted by atomic mass is 14.8. The molecule has 0 aliphatic rings. The van der Waals surface area contributed by atoms with E-state index in [1.807, 2.05) is 0 Å². The lowest BCUT2D eigenvalue weighted by Crippen LogP contribution is -2.48. The molecule has 0 heterocycles. The van der Waals surface area contributed by atoms with Crippen LogP contribution >= 0.6 is 0 Å². The van der Waals surface area contributed by atoms with Gasteiger partial charge in [0.2, 0.25) is 0 Å². The lowest BCUT2D eigenvalue weighted by molar-refractivity contribution is 0.247. The van der Waals surface area contributed by atoms with E-state index in [9.17, 15) is 0 Å². The molecule has 0 saturated heterocycles. The van der Waals surface area contributed by atoms with Crippen LogP contribution in [0.4, 0.5) is 0 Å². The molecule has 0 unspecified atom stereocenters. The zero-order valence-electron chi connectivity index (χ0n) is 12.2. The molecule has 0 aromatic heterocycles. The molecule has 0 aromatic rings. The molecule has 0 fully saturated rings. The van der Waals surface area contributed by atoms with E-state index in [0.29, 0.717) is 17.4 Å². The summed E-state index contributed by atoms with van der Waals surface area (Å²) in [6.45, 7) is 14.1. The first-order valence-corrected chi connectivity index (χ1v) is 6.46. The normalized spacial score (nSPS) is 14.2. The quantitative estimate of drug-likeness (QED) is 0.758. The third-order valence-corrected chi connectivity index (χ3v) is 3.15. The van der Waals surface area contributed by atoms with Gasteiger partial charge in [0.15, 0.2) is 0 Å². The summed E-state index contributed by atoms with van der Waals surface area (Å²) in [5.41, 5.74) is 12.8.